The summed E-state index contributed by atoms with van der Waals surface area (Å²) in [6.45, 7) is 4.25. The fourth-order valence-electron chi connectivity index (χ4n) is 1.27. The first-order valence-electron chi connectivity index (χ1n) is 3.76. The molecule has 1 aliphatic heterocycles. The number of aliphatic carboxylic acids is 1. The highest BCUT2D eigenvalue weighted by molar-refractivity contribution is 5.86. The van der Waals surface area contributed by atoms with Gasteiger partial charge in [-0.25, -0.2) is 0 Å². The van der Waals surface area contributed by atoms with Gasteiger partial charge in [0.05, 0.1) is 5.92 Å². The van der Waals surface area contributed by atoms with Crippen molar-refractivity contribution in [2.24, 2.45) is 5.92 Å². The average Bonchev–Trinajstić information content (AvgIpc) is 2.34. The molecule has 0 saturated carbocycles. The maximum atomic E-state index is 11.1. The minimum absolute atomic E-state index is 0.0951. The van der Waals surface area contributed by atoms with Crippen LogP contribution in [-0.4, -0.2) is 35.0 Å². The Bertz CT molecular complexity index is 224. The number of amides is 1. The SMILES string of the molecule is C=CCN1C[C@H](C(=O)O)CC1=O. The van der Waals surface area contributed by atoms with Crippen LogP contribution < -0.4 is 0 Å². The van der Waals surface area contributed by atoms with E-state index in [-0.39, 0.29) is 12.3 Å². The molecule has 1 aliphatic rings. The molecule has 0 aromatic carbocycles. The molecule has 4 nitrogen and oxygen atoms in total. The zero-order valence-electron chi connectivity index (χ0n) is 6.69. The summed E-state index contributed by atoms with van der Waals surface area (Å²) in [6, 6.07) is 0. The van der Waals surface area contributed by atoms with Crippen molar-refractivity contribution in [3.05, 3.63) is 12.7 Å². The molecule has 1 atom stereocenters. The number of carboxylic acids is 1. The molecular weight excluding hydrogens is 158 g/mol. The quantitative estimate of drug-likeness (QED) is 0.610. The van der Waals surface area contributed by atoms with Crippen molar-refractivity contribution in [1.29, 1.82) is 0 Å². The van der Waals surface area contributed by atoms with Gasteiger partial charge in [-0.1, -0.05) is 6.08 Å². The third-order valence-corrected chi connectivity index (χ3v) is 1.91. The third-order valence-electron chi connectivity index (χ3n) is 1.91. The van der Waals surface area contributed by atoms with Crippen LogP contribution in [0.3, 0.4) is 0 Å². The van der Waals surface area contributed by atoms with E-state index in [4.69, 9.17) is 5.11 Å². The molecular formula is C8H11NO3. The minimum Gasteiger partial charge on any atom is -0.481 e. The van der Waals surface area contributed by atoms with Crippen LogP contribution in [0.15, 0.2) is 12.7 Å². The topological polar surface area (TPSA) is 57.6 Å². The Morgan fingerprint density at radius 3 is 2.92 bits per heavy atom. The molecule has 1 heterocycles. The molecule has 66 valence electrons. The van der Waals surface area contributed by atoms with Crippen molar-refractivity contribution < 1.29 is 14.7 Å². The first-order chi connectivity index (χ1) is 5.65. The van der Waals surface area contributed by atoms with E-state index in [9.17, 15) is 9.59 Å². The lowest BCUT2D eigenvalue weighted by Crippen LogP contribution is -2.26. The second-order valence-electron chi connectivity index (χ2n) is 2.83. The Labute approximate surface area is 70.5 Å². The van der Waals surface area contributed by atoms with Crippen LogP contribution in [0, 0.1) is 5.92 Å². The van der Waals surface area contributed by atoms with Crippen LogP contribution in [0.2, 0.25) is 0 Å². The molecule has 12 heavy (non-hydrogen) atoms. The van der Waals surface area contributed by atoms with Gasteiger partial charge in [0.25, 0.3) is 0 Å². The van der Waals surface area contributed by atoms with Gasteiger partial charge in [0.2, 0.25) is 5.91 Å². The van der Waals surface area contributed by atoms with Crippen molar-refractivity contribution in [1.82, 2.24) is 4.90 Å². The molecule has 4 heteroatoms. The van der Waals surface area contributed by atoms with Gasteiger partial charge in [-0.05, 0) is 0 Å². The Balaban J connectivity index is 2.55. The number of hydrogen-bond acceptors (Lipinski definition) is 2. The summed E-state index contributed by atoms with van der Waals surface area (Å²) in [5, 5.41) is 8.61. The van der Waals surface area contributed by atoms with Gasteiger partial charge in [0.1, 0.15) is 0 Å². The Morgan fingerprint density at radius 1 is 1.83 bits per heavy atom. The van der Waals surface area contributed by atoms with Gasteiger partial charge in [-0.15, -0.1) is 6.58 Å². The summed E-state index contributed by atoms with van der Waals surface area (Å²) < 4.78 is 0. The van der Waals surface area contributed by atoms with E-state index in [0.29, 0.717) is 13.1 Å². The second-order valence-corrected chi connectivity index (χ2v) is 2.83. The number of carboxylic acid groups (broad SMARTS) is 1. The highest BCUT2D eigenvalue weighted by Crippen LogP contribution is 2.17. The normalized spacial score (nSPS) is 22.8. The van der Waals surface area contributed by atoms with E-state index < -0.39 is 11.9 Å². The predicted octanol–water partition coefficient (Wildman–Crippen LogP) is 0.106. The Kier molecular flexibility index (Phi) is 2.47. The number of hydrogen-bond donors (Lipinski definition) is 1. The van der Waals surface area contributed by atoms with Gasteiger partial charge in [0.15, 0.2) is 0 Å². The summed E-state index contributed by atoms with van der Waals surface area (Å²) in [6.07, 6.45) is 1.73. The lowest BCUT2D eigenvalue weighted by Gasteiger charge is -2.11. The Morgan fingerprint density at radius 2 is 2.50 bits per heavy atom. The molecule has 1 N–H and O–H groups in total. The van der Waals surface area contributed by atoms with Crippen molar-refractivity contribution in [3.8, 4) is 0 Å². The summed E-state index contributed by atoms with van der Waals surface area (Å²) in [5.74, 6) is -1.52. The molecule has 1 rings (SSSR count). The number of rotatable bonds is 3. The van der Waals surface area contributed by atoms with Crippen LogP contribution in [-0.2, 0) is 9.59 Å². The monoisotopic (exact) mass is 169 g/mol. The van der Waals surface area contributed by atoms with E-state index in [0.717, 1.165) is 0 Å². The van der Waals surface area contributed by atoms with Gasteiger partial charge in [-0.3, -0.25) is 9.59 Å². The number of likely N-dealkylation sites (tertiary alicyclic amines) is 1. The van der Waals surface area contributed by atoms with Gasteiger partial charge < -0.3 is 10.0 Å². The van der Waals surface area contributed by atoms with Gasteiger partial charge >= 0.3 is 5.97 Å². The molecule has 1 amide bonds. The highest BCUT2D eigenvalue weighted by Gasteiger charge is 2.33. The van der Waals surface area contributed by atoms with Crippen molar-refractivity contribution in [3.63, 3.8) is 0 Å². The van der Waals surface area contributed by atoms with Gasteiger partial charge in [0, 0.05) is 19.5 Å². The maximum Gasteiger partial charge on any atom is 0.308 e. The molecule has 0 aromatic rings. The third kappa shape index (κ3) is 1.64. The lowest BCUT2D eigenvalue weighted by atomic mass is 10.1. The van der Waals surface area contributed by atoms with Crippen LogP contribution in [0.5, 0.6) is 0 Å². The summed E-state index contributed by atoms with van der Waals surface area (Å²) in [4.78, 5) is 23.1. The molecule has 0 spiro atoms. The maximum absolute atomic E-state index is 11.1. The standard InChI is InChI=1S/C8H11NO3/c1-2-3-9-5-6(8(11)12)4-7(9)10/h2,6H,1,3-5H2,(H,11,12)/t6-/m1/s1. The summed E-state index contributed by atoms with van der Waals surface area (Å²) in [7, 11) is 0. The number of carbonyl (C=O) groups excluding carboxylic acids is 1. The largest absolute Gasteiger partial charge is 0.481 e. The predicted molar refractivity (Wildman–Crippen MR) is 42.5 cm³/mol. The zero-order valence-corrected chi connectivity index (χ0v) is 6.69. The highest BCUT2D eigenvalue weighted by atomic mass is 16.4. The zero-order chi connectivity index (χ0) is 9.14. The van der Waals surface area contributed by atoms with Gasteiger partial charge in [-0.2, -0.15) is 0 Å². The van der Waals surface area contributed by atoms with Crippen molar-refractivity contribution in [2.45, 2.75) is 6.42 Å². The fourth-order valence-corrected chi connectivity index (χ4v) is 1.27. The van der Waals surface area contributed by atoms with E-state index in [1.54, 1.807) is 6.08 Å². The van der Waals surface area contributed by atoms with Crippen LogP contribution in [0.4, 0.5) is 0 Å². The molecule has 1 fully saturated rings. The molecule has 0 aromatic heterocycles. The molecule has 0 unspecified atom stereocenters. The molecule has 0 bridgehead atoms. The second kappa shape index (κ2) is 3.38. The fraction of sp³-hybridized carbons (Fsp3) is 0.500. The van der Waals surface area contributed by atoms with Crippen LogP contribution in [0.25, 0.3) is 0 Å². The van der Waals surface area contributed by atoms with E-state index >= 15 is 0 Å². The van der Waals surface area contributed by atoms with Crippen LogP contribution in [0.1, 0.15) is 6.42 Å². The smallest absolute Gasteiger partial charge is 0.308 e. The van der Waals surface area contributed by atoms with E-state index in [2.05, 4.69) is 6.58 Å². The van der Waals surface area contributed by atoms with E-state index in [1.165, 1.54) is 4.90 Å². The minimum atomic E-state index is -0.894. The first kappa shape index (κ1) is 8.77. The molecule has 0 radical (unpaired) electrons. The average molecular weight is 169 g/mol. The summed E-state index contributed by atoms with van der Waals surface area (Å²) >= 11 is 0. The lowest BCUT2D eigenvalue weighted by molar-refractivity contribution is -0.141. The molecule has 1 saturated heterocycles. The first-order valence-corrected chi connectivity index (χ1v) is 3.76. The Hall–Kier alpha value is -1.32. The van der Waals surface area contributed by atoms with Crippen molar-refractivity contribution >= 4 is 11.9 Å². The molecule has 0 aliphatic carbocycles. The van der Waals surface area contributed by atoms with Crippen LogP contribution >= 0.6 is 0 Å². The van der Waals surface area contributed by atoms with Crippen molar-refractivity contribution in [2.75, 3.05) is 13.1 Å². The summed E-state index contributed by atoms with van der Waals surface area (Å²) in [5.41, 5.74) is 0. The van der Waals surface area contributed by atoms with E-state index in [1.807, 2.05) is 0 Å². The number of carbonyl (C=O) groups is 2. The number of nitrogens with zero attached hydrogens (tertiary/aromatic N) is 1.